The highest BCUT2D eigenvalue weighted by molar-refractivity contribution is 6.31. The lowest BCUT2D eigenvalue weighted by molar-refractivity contribution is 0.0698. The van der Waals surface area contributed by atoms with Crippen LogP contribution in [0, 0.1) is 0 Å². The molecule has 1 atom stereocenters. The normalized spacial score (nSPS) is 16.7. The molecule has 0 bridgehead atoms. The molecule has 21 heavy (non-hydrogen) atoms. The SMILES string of the molecule is O=C(O)c1ccc(Cl)cc1NC1CCOc2ccccc21. The molecule has 0 aromatic heterocycles. The number of rotatable bonds is 3. The maximum atomic E-state index is 11.3. The minimum atomic E-state index is -0.977. The molecule has 2 aromatic carbocycles. The second-order valence-electron chi connectivity index (χ2n) is 4.87. The minimum Gasteiger partial charge on any atom is -0.493 e. The number of hydrogen-bond donors (Lipinski definition) is 2. The van der Waals surface area contributed by atoms with Gasteiger partial charge in [0.15, 0.2) is 0 Å². The van der Waals surface area contributed by atoms with Crippen LogP contribution in [0.15, 0.2) is 42.5 Å². The van der Waals surface area contributed by atoms with E-state index in [1.54, 1.807) is 12.1 Å². The average molecular weight is 304 g/mol. The largest absolute Gasteiger partial charge is 0.493 e. The van der Waals surface area contributed by atoms with Gasteiger partial charge in [0.2, 0.25) is 0 Å². The third-order valence-corrected chi connectivity index (χ3v) is 3.74. The van der Waals surface area contributed by atoms with Gasteiger partial charge in [0.1, 0.15) is 5.75 Å². The summed E-state index contributed by atoms with van der Waals surface area (Å²) >= 11 is 5.98. The Morgan fingerprint density at radius 2 is 2.10 bits per heavy atom. The lowest BCUT2D eigenvalue weighted by atomic mass is 9.99. The fourth-order valence-corrected chi connectivity index (χ4v) is 2.67. The van der Waals surface area contributed by atoms with Gasteiger partial charge in [-0.1, -0.05) is 29.8 Å². The maximum absolute atomic E-state index is 11.3. The van der Waals surface area contributed by atoms with E-state index in [1.165, 1.54) is 6.07 Å². The van der Waals surface area contributed by atoms with Crippen LogP contribution in [0.3, 0.4) is 0 Å². The molecule has 0 radical (unpaired) electrons. The molecular weight excluding hydrogens is 290 g/mol. The van der Waals surface area contributed by atoms with E-state index in [2.05, 4.69) is 5.32 Å². The quantitative estimate of drug-likeness (QED) is 0.900. The molecule has 1 unspecified atom stereocenters. The fraction of sp³-hybridized carbons (Fsp3) is 0.188. The molecule has 0 fully saturated rings. The highest BCUT2D eigenvalue weighted by Gasteiger charge is 2.22. The first-order valence-corrected chi connectivity index (χ1v) is 7.04. The Morgan fingerprint density at radius 3 is 2.90 bits per heavy atom. The van der Waals surface area contributed by atoms with Crippen molar-refractivity contribution in [1.82, 2.24) is 0 Å². The highest BCUT2D eigenvalue weighted by Crippen LogP contribution is 2.35. The van der Waals surface area contributed by atoms with E-state index in [4.69, 9.17) is 16.3 Å². The number of aromatic carboxylic acids is 1. The predicted molar refractivity (Wildman–Crippen MR) is 81.3 cm³/mol. The first-order chi connectivity index (χ1) is 10.1. The summed E-state index contributed by atoms with van der Waals surface area (Å²) in [5.74, 6) is -0.144. The Kier molecular flexibility index (Phi) is 3.71. The molecular formula is C16H14ClNO3. The summed E-state index contributed by atoms with van der Waals surface area (Å²) in [4.78, 5) is 11.3. The van der Waals surface area contributed by atoms with E-state index in [0.717, 1.165) is 17.7 Å². The molecule has 3 rings (SSSR count). The number of carboxylic acid groups (broad SMARTS) is 1. The fourth-order valence-electron chi connectivity index (χ4n) is 2.50. The number of ether oxygens (including phenoxy) is 1. The molecule has 0 amide bonds. The van der Waals surface area contributed by atoms with E-state index >= 15 is 0 Å². The number of para-hydroxylation sites is 1. The maximum Gasteiger partial charge on any atom is 0.337 e. The van der Waals surface area contributed by atoms with Gasteiger partial charge < -0.3 is 15.2 Å². The Hall–Kier alpha value is -2.20. The Labute approximate surface area is 127 Å². The Morgan fingerprint density at radius 1 is 1.29 bits per heavy atom. The molecule has 1 aliphatic rings. The van der Waals surface area contributed by atoms with Gasteiger partial charge in [0.05, 0.1) is 23.9 Å². The van der Waals surface area contributed by atoms with Crippen LogP contribution in [-0.4, -0.2) is 17.7 Å². The first kappa shape index (κ1) is 13.8. The number of carbonyl (C=O) groups is 1. The molecule has 2 aromatic rings. The smallest absolute Gasteiger partial charge is 0.337 e. The first-order valence-electron chi connectivity index (χ1n) is 6.66. The van der Waals surface area contributed by atoms with Gasteiger partial charge in [-0.15, -0.1) is 0 Å². The van der Waals surface area contributed by atoms with Crippen molar-refractivity contribution in [2.45, 2.75) is 12.5 Å². The van der Waals surface area contributed by atoms with Crippen molar-refractivity contribution >= 4 is 23.3 Å². The molecule has 1 heterocycles. The van der Waals surface area contributed by atoms with Gasteiger partial charge in [-0.3, -0.25) is 0 Å². The van der Waals surface area contributed by atoms with Crippen LogP contribution in [0.25, 0.3) is 0 Å². The topological polar surface area (TPSA) is 58.6 Å². The van der Waals surface area contributed by atoms with E-state index in [-0.39, 0.29) is 11.6 Å². The number of anilines is 1. The van der Waals surface area contributed by atoms with Crippen molar-refractivity contribution in [3.8, 4) is 5.75 Å². The van der Waals surface area contributed by atoms with Crippen LogP contribution < -0.4 is 10.1 Å². The lowest BCUT2D eigenvalue weighted by Gasteiger charge is -2.28. The summed E-state index contributed by atoms with van der Waals surface area (Å²) in [6, 6.07) is 12.5. The third-order valence-electron chi connectivity index (χ3n) is 3.50. The second-order valence-corrected chi connectivity index (χ2v) is 5.30. The predicted octanol–water partition coefficient (Wildman–Crippen LogP) is 3.97. The Bertz CT molecular complexity index is 687. The zero-order valence-corrected chi connectivity index (χ0v) is 11.9. The third kappa shape index (κ3) is 2.81. The summed E-state index contributed by atoms with van der Waals surface area (Å²) in [6.45, 7) is 0.595. The molecule has 108 valence electrons. The van der Waals surface area contributed by atoms with Crippen LogP contribution in [0.4, 0.5) is 5.69 Å². The number of benzene rings is 2. The standard InChI is InChI=1S/C16H14ClNO3/c17-10-5-6-12(16(19)20)14(9-10)18-13-7-8-21-15-4-2-1-3-11(13)15/h1-6,9,13,18H,7-8H2,(H,19,20). The molecule has 0 aliphatic carbocycles. The van der Waals surface area contributed by atoms with Crippen molar-refractivity contribution in [1.29, 1.82) is 0 Å². The van der Waals surface area contributed by atoms with Crippen LogP contribution in [0.5, 0.6) is 5.75 Å². The Balaban J connectivity index is 1.95. The van der Waals surface area contributed by atoms with Crippen LogP contribution in [0.1, 0.15) is 28.4 Å². The van der Waals surface area contributed by atoms with E-state index in [9.17, 15) is 9.90 Å². The van der Waals surface area contributed by atoms with Crippen molar-refractivity contribution < 1.29 is 14.6 Å². The zero-order chi connectivity index (χ0) is 14.8. The number of nitrogens with one attached hydrogen (secondary N) is 1. The molecule has 0 saturated heterocycles. The van der Waals surface area contributed by atoms with E-state index in [0.29, 0.717) is 17.3 Å². The van der Waals surface area contributed by atoms with Gasteiger partial charge in [0.25, 0.3) is 0 Å². The van der Waals surface area contributed by atoms with E-state index < -0.39 is 5.97 Å². The van der Waals surface area contributed by atoms with Gasteiger partial charge in [-0.2, -0.15) is 0 Å². The lowest BCUT2D eigenvalue weighted by Crippen LogP contribution is -2.21. The van der Waals surface area contributed by atoms with Crippen LogP contribution in [0.2, 0.25) is 5.02 Å². The van der Waals surface area contributed by atoms with Crippen molar-refractivity contribution in [2.24, 2.45) is 0 Å². The molecule has 4 nitrogen and oxygen atoms in total. The average Bonchev–Trinajstić information content (AvgIpc) is 2.47. The van der Waals surface area contributed by atoms with Crippen LogP contribution >= 0.6 is 11.6 Å². The molecule has 5 heteroatoms. The molecule has 0 spiro atoms. The number of hydrogen-bond acceptors (Lipinski definition) is 3. The second kappa shape index (κ2) is 5.66. The van der Waals surface area contributed by atoms with Crippen molar-refractivity contribution in [2.75, 3.05) is 11.9 Å². The summed E-state index contributed by atoms with van der Waals surface area (Å²) in [6.07, 6.45) is 0.766. The minimum absolute atomic E-state index is 0.00603. The summed E-state index contributed by atoms with van der Waals surface area (Å²) in [5, 5.41) is 13.1. The summed E-state index contributed by atoms with van der Waals surface area (Å²) in [5.41, 5.74) is 1.76. The van der Waals surface area contributed by atoms with E-state index in [1.807, 2.05) is 24.3 Å². The highest BCUT2D eigenvalue weighted by atomic mass is 35.5. The molecule has 1 aliphatic heterocycles. The number of halogens is 1. The zero-order valence-electron chi connectivity index (χ0n) is 11.2. The van der Waals surface area contributed by atoms with Crippen molar-refractivity contribution in [3.63, 3.8) is 0 Å². The molecule has 2 N–H and O–H groups in total. The van der Waals surface area contributed by atoms with Gasteiger partial charge in [0, 0.05) is 17.0 Å². The van der Waals surface area contributed by atoms with Gasteiger partial charge >= 0.3 is 5.97 Å². The van der Waals surface area contributed by atoms with Crippen LogP contribution in [-0.2, 0) is 0 Å². The summed E-state index contributed by atoms with van der Waals surface area (Å²) in [7, 11) is 0. The number of fused-ring (bicyclic) bond motifs is 1. The van der Waals surface area contributed by atoms with Gasteiger partial charge in [-0.25, -0.2) is 4.79 Å². The van der Waals surface area contributed by atoms with Crippen molar-refractivity contribution in [3.05, 3.63) is 58.6 Å². The number of carboxylic acids is 1. The van der Waals surface area contributed by atoms with Gasteiger partial charge in [-0.05, 0) is 24.3 Å². The summed E-state index contributed by atoms with van der Waals surface area (Å²) < 4.78 is 5.61. The molecule has 0 saturated carbocycles. The monoisotopic (exact) mass is 303 g/mol.